The van der Waals surface area contributed by atoms with Crippen LogP contribution >= 0.6 is 0 Å². The standard InChI is InChI=1S/C23H32N4O4/c1-22(2,3)30-20(28)26(24)18-11-7-16(8-12-18)15-17-9-13-19(14-10-17)27(25)21(29)31-23(4,5)6/h7-14H,15,24-25H2,1-6H3. The molecule has 8 heteroatoms. The molecule has 0 saturated carbocycles. The maximum absolute atomic E-state index is 12.1. The molecule has 0 unspecified atom stereocenters. The normalized spacial score (nSPS) is 11.6. The molecule has 168 valence electrons. The average molecular weight is 429 g/mol. The van der Waals surface area contributed by atoms with Crippen molar-refractivity contribution in [3.63, 3.8) is 0 Å². The molecule has 0 aromatic heterocycles. The van der Waals surface area contributed by atoms with Gasteiger partial charge < -0.3 is 9.47 Å². The van der Waals surface area contributed by atoms with Crippen LogP contribution < -0.4 is 21.7 Å². The molecule has 0 radical (unpaired) electrons. The van der Waals surface area contributed by atoms with E-state index in [1.165, 1.54) is 0 Å². The summed E-state index contributed by atoms with van der Waals surface area (Å²) in [4.78, 5) is 24.2. The first kappa shape index (κ1) is 24.2. The summed E-state index contributed by atoms with van der Waals surface area (Å²) in [5.74, 6) is 11.7. The van der Waals surface area contributed by atoms with Crippen molar-refractivity contribution in [2.45, 2.75) is 59.2 Å². The van der Waals surface area contributed by atoms with E-state index in [2.05, 4.69) is 0 Å². The zero-order valence-corrected chi connectivity index (χ0v) is 19.0. The summed E-state index contributed by atoms with van der Waals surface area (Å²) in [6.07, 6.45) is -0.575. The summed E-state index contributed by atoms with van der Waals surface area (Å²) in [5, 5.41) is 1.96. The fourth-order valence-corrected chi connectivity index (χ4v) is 2.62. The van der Waals surface area contributed by atoms with Gasteiger partial charge in [0.05, 0.1) is 11.4 Å². The van der Waals surface area contributed by atoms with Crippen LogP contribution in [0.15, 0.2) is 48.5 Å². The second kappa shape index (κ2) is 9.36. The molecule has 31 heavy (non-hydrogen) atoms. The minimum absolute atomic E-state index is 0.532. The van der Waals surface area contributed by atoms with E-state index in [4.69, 9.17) is 21.2 Å². The molecule has 0 atom stereocenters. The third-order valence-electron chi connectivity index (χ3n) is 4.02. The molecule has 0 saturated heterocycles. The molecule has 0 spiro atoms. The number of carbonyl (C=O) groups is 2. The van der Waals surface area contributed by atoms with Gasteiger partial charge in [-0.05, 0) is 83.4 Å². The van der Waals surface area contributed by atoms with Gasteiger partial charge in [-0.3, -0.25) is 0 Å². The average Bonchev–Trinajstić information content (AvgIpc) is 2.65. The van der Waals surface area contributed by atoms with Crippen LogP contribution in [-0.4, -0.2) is 23.4 Å². The Morgan fingerprint density at radius 3 is 1.23 bits per heavy atom. The number of hydrogen-bond acceptors (Lipinski definition) is 6. The molecule has 2 rings (SSSR count). The van der Waals surface area contributed by atoms with Gasteiger partial charge in [-0.15, -0.1) is 0 Å². The van der Waals surface area contributed by atoms with Crippen molar-refractivity contribution >= 4 is 23.6 Å². The van der Waals surface area contributed by atoms with Crippen molar-refractivity contribution < 1.29 is 19.1 Å². The second-order valence-corrected chi connectivity index (χ2v) is 9.21. The topological polar surface area (TPSA) is 111 Å². The Bertz CT molecular complexity index is 822. The summed E-state index contributed by atoms with van der Waals surface area (Å²) in [6, 6.07) is 14.6. The molecular formula is C23H32N4O4. The maximum atomic E-state index is 12.1. The van der Waals surface area contributed by atoms with Gasteiger partial charge in [0.15, 0.2) is 0 Å². The number of rotatable bonds is 4. The molecule has 0 heterocycles. The highest BCUT2D eigenvalue weighted by Gasteiger charge is 2.22. The predicted octanol–water partition coefficient (Wildman–Crippen LogP) is 4.51. The largest absolute Gasteiger partial charge is 0.442 e. The fourth-order valence-electron chi connectivity index (χ4n) is 2.62. The van der Waals surface area contributed by atoms with Gasteiger partial charge in [-0.25, -0.2) is 31.3 Å². The lowest BCUT2D eigenvalue weighted by Crippen LogP contribution is -2.41. The Hall–Kier alpha value is -3.10. The molecule has 0 fully saturated rings. The maximum Gasteiger partial charge on any atom is 0.429 e. The quantitative estimate of drug-likeness (QED) is 0.421. The summed E-state index contributed by atoms with van der Waals surface area (Å²) >= 11 is 0. The van der Waals surface area contributed by atoms with Crippen LogP contribution in [-0.2, 0) is 15.9 Å². The summed E-state index contributed by atoms with van der Waals surface area (Å²) in [5.41, 5.74) is 1.89. The predicted molar refractivity (Wildman–Crippen MR) is 121 cm³/mol. The lowest BCUT2D eigenvalue weighted by molar-refractivity contribution is 0.0569. The minimum Gasteiger partial charge on any atom is -0.442 e. The third kappa shape index (κ3) is 7.58. The smallest absolute Gasteiger partial charge is 0.429 e. The van der Waals surface area contributed by atoms with Gasteiger partial charge in [-0.1, -0.05) is 24.3 Å². The van der Waals surface area contributed by atoms with Gasteiger partial charge in [-0.2, -0.15) is 0 Å². The van der Waals surface area contributed by atoms with E-state index in [1.807, 2.05) is 24.3 Å². The lowest BCUT2D eigenvalue weighted by atomic mass is 10.0. The van der Waals surface area contributed by atoms with Gasteiger partial charge in [0.1, 0.15) is 11.2 Å². The van der Waals surface area contributed by atoms with Gasteiger partial charge in [0.2, 0.25) is 0 Å². The van der Waals surface area contributed by atoms with Gasteiger partial charge >= 0.3 is 12.2 Å². The van der Waals surface area contributed by atoms with Crippen LogP contribution in [0.5, 0.6) is 0 Å². The molecule has 0 aliphatic rings. The van der Waals surface area contributed by atoms with Crippen LogP contribution in [0.2, 0.25) is 0 Å². The number of nitrogens with zero attached hydrogens (tertiary/aromatic N) is 2. The van der Waals surface area contributed by atoms with E-state index in [9.17, 15) is 9.59 Å². The van der Waals surface area contributed by atoms with Crippen LogP contribution in [0.25, 0.3) is 0 Å². The van der Waals surface area contributed by atoms with Crippen LogP contribution in [0.1, 0.15) is 52.7 Å². The van der Waals surface area contributed by atoms with Gasteiger partial charge in [0.25, 0.3) is 0 Å². The molecule has 2 amide bonds. The van der Waals surface area contributed by atoms with Crippen molar-refractivity contribution in [2.24, 2.45) is 11.7 Å². The van der Waals surface area contributed by atoms with Crippen LogP contribution in [0.3, 0.4) is 0 Å². The Morgan fingerprint density at radius 2 is 0.968 bits per heavy atom. The third-order valence-corrected chi connectivity index (χ3v) is 4.02. The van der Waals surface area contributed by atoms with E-state index in [0.717, 1.165) is 21.1 Å². The molecule has 0 aliphatic heterocycles. The zero-order chi connectivity index (χ0) is 23.4. The van der Waals surface area contributed by atoms with Crippen molar-refractivity contribution in [3.05, 3.63) is 59.7 Å². The number of benzene rings is 2. The Balaban J connectivity index is 2.01. The molecule has 2 aromatic carbocycles. The summed E-state index contributed by atoms with van der Waals surface area (Å²) in [6.45, 7) is 10.7. The lowest BCUT2D eigenvalue weighted by Gasteiger charge is -2.24. The first-order chi connectivity index (χ1) is 14.2. The Kier molecular flexibility index (Phi) is 7.30. The van der Waals surface area contributed by atoms with E-state index >= 15 is 0 Å². The van der Waals surface area contributed by atoms with Crippen LogP contribution in [0, 0.1) is 0 Å². The number of nitrogens with two attached hydrogens (primary N) is 2. The van der Waals surface area contributed by atoms with E-state index in [-0.39, 0.29) is 0 Å². The van der Waals surface area contributed by atoms with Crippen molar-refractivity contribution in [1.82, 2.24) is 0 Å². The zero-order valence-electron chi connectivity index (χ0n) is 19.0. The van der Waals surface area contributed by atoms with E-state index < -0.39 is 23.4 Å². The van der Waals surface area contributed by atoms with Crippen molar-refractivity contribution in [3.8, 4) is 0 Å². The first-order valence-corrected chi connectivity index (χ1v) is 9.99. The number of amides is 2. The monoisotopic (exact) mass is 428 g/mol. The molecule has 4 N–H and O–H groups in total. The Labute approximate surface area is 183 Å². The highest BCUT2D eigenvalue weighted by Crippen LogP contribution is 2.20. The van der Waals surface area contributed by atoms with Gasteiger partial charge in [0, 0.05) is 0 Å². The van der Waals surface area contributed by atoms with Crippen molar-refractivity contribution in [2.75, 3.05) is 10.0 Å². The van der Waals surface area contributed by atoms with E-state index in [0.29, 0.717) is 17.8 Å². The molecular weight excluding hydrogens is 396 g/mol. The molecule has 0 bridgehead atoms. The molecule has 0 aliphatic carbocycles. The summed E-state index contributed by atoms with van der Waals surface area (Å²) < 4.78 is 10.5. The highest BCUT2D eigenvalue weighted by atomic mass is 16.6. The fraction of sp³-hybridized carbons (Fsp3) is 0.391. The second-order valence-electron chi connectivity index (χ2n) is 9.21. The number of hydrazine groups is 2. The molecule has 8 nitrogen and oxygen atoms in total. The number of carbonyl (C=O) groups excluding carboxylic acids is 2. The Morgan fingerprint density at radius 1 is 0.677 bits per heavy atom. The number of ether oxygens (including phenoxy) is 2. The van der Waals surface area contributed by atoms with Crippen molar-refractivity contribution in [1.29, 1.82) is 0 Å². The highest BCUT2D eigenvalue weighted by molar-refractivity contribution is 5.87. The first-order valence-electron chi connectivity index (χ1n) is 9.99. The number of hydrogen-bond donors (Lipinski definition) is 2. The van der Waals surface area contributed by atoms with Crippen LogP contribution in [0.4, 0.5) is 21.0 Å². The van der Waals surface area contributed by atoms with E-state index in [1.54, 1.807) is 65.8 Å². The number of anilines is 2. The minimum atomic E-state index is -0.622. The molecule has 2 aromatic rings. The summed E-state index contributed by atoms with van der Waals surface area (Å²) in [7, 11) is 0. The SMILES string of the molecule is CC(C)(C)OC(=O)N(N)c1ccc(Cc2ccc(N(N)C(=O)OC(C)(C)C)cc2)cc1.